The van der Waals surface area contributed by atoms with Gasteiger partial charge in [0.2, 0.25) is 0 Å². The molecule has 0 aliphatic carbocycles. The van der Waals surface area contributed by atoms with E-state index in [2.05, 4.69) is 5.10 Å². The number of alkyl halides is 3. The van der Waals surface area contributed by atoms with E-state index in [1.165, 1.54) is 6.92 Å². The molecule has 0 radical (unpaired) electrons. The molecule has 0 aliphatic rings. The Balaban J connectivity index is 2.51. The van der Waals surface area contributed by atoms with Crippen LogP contribution >= 0.6 is 11.6 Å². The lowest BCUT2D eigenvalue weighted by molar-refractivity contribution is -0.139. The predicted molar refractivity (Wildman–Crippen MR) is 83.3 cm³/mol. The van der Waals surface area contributed by atoms with Gasteiger partial charge in [0.1, 0.15) is 17.9 Å². The molecular formula is C16H10ClF4N3O2. The van der Waals surface area contributed by atoms with Crippen LogP contribution in [0.15, 0.2) is 23.0 Å². The Morgan fingerprint density at radius 1 is 1.35 bits per heavy atom. The fourth-order valence-electron chi connectivity index (χ4n) is 2.17. The molecule has 10 heteroatoms. The van der Waals surface area contributed by atoms with E-state index in [1.807, 2.05) is 0 Å². The van der Waals surface area contributed by atoms with E-state index in [9.17, 15) is 27.2 Å². The maximum absolute atomic E-state index is 13.4. The molecule has 136 valence electrons. The largest absolute Gasteiger partial charge is 0.421 e. The minimum atomic E-state index is -4.97. The van der Waals surface area contributed by atoms with Crippen molar-refractivity contribution >= 4 is 17.4 Å². The molecule has 0 aliphatic heterocycles. The van der Waals surface area contributed by atoms with Crippen molar-refractivity contribution in [2.45, 2.75) is 26.1 Å². The highest BCUT2D eigenvalue weighted by molar-refractivity contribution is 6.34. The van der Waals surface area contributed by atoms with Crippen LogP contribution in [0.25, 0.3) is 0 Å². The van der Waals surface area contributed by atoms with Crippen LogP contribution in [0, 0.1) is 24.1 Å². The summed E-state index contributed by atoms with van der Waals surface area (Å²) in [6.45, 7) is 0.536. The molecule has 0 unspecified atom stereocenters. The first-order valence-electron chi connectivity index (χ1n) is 7.08. The van der Waals surface area contributed by atoms with Crippen molar-refractivity contribution in [3.05, 3.63) is 61.8 Å². The number of Topliss-reactive ketones (excluding diaryl/α,β-unsaturated/α-hetero) is 1. The third kappa shape index (κ3) is 4.08. The molecule has 0 bridgehead atoms. The number of benzene rings is 1. The van der Waals surface area contributed by atoms with Crippen molar-refractivity contribution in [2.24, 2.45) is 0 Å². The first-order valence-corrected chi connectivity index (χ1v) is 7.46. The van der Waals surface area contributed by atoms with Gasteiger partial charge >= 0.3 is 6.18 Å². The maximum atomic E-state index is 13.4. The Morgan fingerprint density at radius 2 is 2.00 bits per heavy atom. The van der Waals surface area contributed by atoms with Crippen LogP contribution in [0.1, 0.15) is 27.2 Å². The van der Waals surface area contributed by atoms with Gasteiger partial charge in [0, 0.05) is 5.56 Å². The first kappa shape index (κ1) is 19.6. The van der Waals surface area contributed by atoms with Gasteiger partial charge in [-0.3, -0.25) is 9.59 Å². The number of carbonyl (C=O) groups excluding carboxylic acids is 1. The maximum Gasteiger partial charge on any atom is 0.421 e. The molecule has 0 saturated heterocycles. The Kier molecular flexibility index (Phi) is 5.47. The van der Waals surface area contributed by atoms with Gasteiger partial charge in [-0.05, 0) is 30.7 Å². The highest BCUT2D eigenvalue weighted by Gasteiger charge is 2.35. The van der Waals surface area contributed by atoms with Crippen molar-refractivity contribution in [3.8, 4) is 6.07 Å². The first-order chi connectivity index (χ1) is 12.0. The van der Waals surface area contributed by atoms with Gasteiger partial charge in [0.15, 0.2) is 5.78 Å². The Hall–Kier alpha value is -2.73. The van der Waals surface area contributed by atoms with Gasteiger partial charge in [-0.1, -0.05) is 11.6 Å². The molecule has 0 N–H and O–H groups in total. The number of aryl methyl sites for hydroxylation is 1. The van der Waals surface area contributed by atoms with E-state index >= 15 is 0 Å². The number of hydrogen-bond donors (Lipinski definition) is 0. The molecule has 26 heavy (non-hydrogen) atoms. The highest BCUT2D eigenvalue weighted by Crippen LogP contribution is 2.27. The molecule has 0 fully saturated rings. The zero-order valence-electron chi connectivity index (χ0n) is 13.2. The average molecular weight is 388 g/mol. The molecule has 1 heterocycles. The summed E-state index contributed by atoms with van der Waals surface area (Å²) in [5, 5.41) is 12.0. The lowest BCUT2D eigenvalue weighted by Crippen LogP contribution is -2.33. The second kappa shape index (κ2) is 7.25. The van der Waals surface area contributed by atoms with E-state index in [1.54, 1.807) is 6.07 Å². The minimum Gasteiger partial charge on any atom is -0.292 e. The van der Waals surface area contributed by atoms with Crippen LogP contribution in [0.3, 0.4) is 0 Å². The third-order valence-electron chi connectivity index (χ3n) is 3.43. The predicted octanol–water partition coefficient (Wildman–Crippen LogP) is 3.31. The van der Waals surface area contributed by atoms with Gasteiger partial charge in [-0.25, -0.2) is 9.07 Å². The molecule has 1 aromatic carbocycles. The Bertz CT molecular complexity index is 977. The van der Waals surface area contributed by atoms with Crippen LogP contribution in [0.2, 0.25) is 5.02 Å². The average Bonchev–Trinajstić information content (AvgIpc) is 2.52. The SMILES string of the molecule is Cc1cc(C(=O)Cn2nc(CC#N)cc(C(F)(F)F)c2=O)c(Cl)cc1F. The van der Waals surface area contributed by atoms with Gasteiger partial charge in [0.05, 0.1) is 23.2 Å². The number of carbonyl (C=O) groups is 1. The van der Waals surface area contributed by atoms with E-state index in [0.29, 0.717) is 10.7 Å². The summed E-state index contributed by atoms with van der Waals surface area (Å²) in [5.74, 6) is -1.48. The number of halogens is 5. The molecule has 0 atom stereocenters. The zero-order valence-corrected chi connectivity index (χ0v) is 14.0. The fraction of sp³-hybridized carbons (Fsp3) is 0.250. The number of nitriles is 1. The third-order valence-corrected chi connectivity index (χ3v) is 3.75. The van der Waals surface area contributed by atoms with Crippen LogP contribution in [0.4, 0.5) is 17.6 Å². The summed E-state index contributed by atoms with van der Waals surface area (Å²) >= 11 is 5.80. The number of aromatic nitrogens is 2. The van der Waals surface area contributed by atoms with E-state index in [0.717, 1.165) is 12.1 Å². The van der Waals surface area contributed by atoms with Crippen LogP contribution in [0.5, 0.6) is 0 Å². The molecule has 2 aromatic rings. The summed E-state index contributed by atoms with van der Waals surface area (Å²) in [5.41, 5.74) is -3.42. The molecular weight excluding hydrogens is 378 g/mol. The van der Waals surface area contributed by atoms with Gasteiger partial charge in [-0.15, -0.1) is 0 Å². The lowest BCUT2D eigenvalue weighted by atomic mass is 10.1. The molecule has 1 aromatic heterocycles. The van der Waals surface area contributed by atoms with Crippen molar-refractivity contribution < 1.29 is 22.4 Å². The monoisotopic (exact) mass is 387 g/mol. The lowest BCUT2D eigenvalue weighted by Gasteiger charge is -2.12. The van der Waals surface area contributed by atoms with Gasteiger partial charge in [-0.2, -0.15) is 23.5 Å². The smallest absolute Gasteiger partial charge is 0.292 e. The van der Waals surface area contributed by atoms with Crippen molar-refractivity contribution in [2.75, 3.05) is 0 Å². The molecule has 0 spiro atoms. The number of hydrogen-bond acceptors (Lipinski definition) is 4. The minimum absolute atomic E-state index is 0.104. The normalized spacial score (nSPS) is 11.3. The van der Waals surface area contributed by atoms with Crippen molar-refractivity contribution in [1.82, 2.24) is 9.78 Å². The Morgan fingerprint density at radius 3 is 2.58 bits per heavy atom. The molecule has 2 rings (SSSR count). The summed E-state index contributed by atoms with van der Waals surface area (Å²) in [4.78, 5) is 24.3. The standard InChI is InChI=1S/C16H10ClF4N3O2/c1-8-4-10(12(17)6-13(8)18)14(25)7-24-15(26)11(16(19,20)21)5-9(23-24)2-3-22/h4-6H,2,7H2,1H3. The Labute approximate surface area is 149 Å². The van der Waals surface area contributed by atoms with Crippen LogP contribution in [-0.4, -0.2) is 15.6 Å². The summed E-state index contributed by atoms with van der Waals surface area (Å²) in [6, 6.07) is 4.13. The number of ketones is 1. The van der Waals surface area contributed by atoms with Crippen molar-refractivity contribution in [1.29, 1.82) is 5.26 Å². The molecule has 5 nitrogen and oxygen atoms in total. The van der Waals surface area contributed by atoms with E-state index in [-0.39, 0.29) is 21.8 Å². The van der Waals surface area contributed by atoms with E-state index in [4.69, 9.17) is 16.9 Å². The summed E-state index contributed by atoms with van der Waals surface area (Å²) < 4.78 is 52.7. The topological polar surface area (TPSA) is 75.8 Å². The van der Waals surface area contributed by atoms with Crippen molar-refractivity contribution in [3.63, 3.8) is 0 Å². The summed E-state index contributed by atoms with van der Waals surface area (Å²) in [6.07, 6.45) is -5.45. The quantitative estimate of drug-likeness (QED) is 0.596. The highest BCUT2D eigenvalue weighted by atomic mass is 35.5. The van der Waals surface area contributed by atoms with Crippen LogP contribution in [-0.2, 0) is 19.1 Å². The fourth-order valence-corrected chi connectivity index (χ4v) is 2.42. The van der Waals surface area contributed by atoms with E-state index < -0.39 is 41.9 Å². The molecule has 0 amide bonds. The van der Waals surface area contributed by atoms with Crippen LogP contribution < -0.4 is 5.56 Å². The number of nitrogens with zero attached hydrogens (tertiary/aromatic N) is 3. The molecule has 0 saturated carbocycles. The number of rotatable bonds is 4. The second-order valence-corrected chi connectivity index (χ2v) is 5.76. The summed E-state index contributed by atoms with van der Waals surface area (Å²) in [7, 11) is 0. The van der Waals surface area contributed by atoms with Gasteiger partial charge < -0.3 is 0 Å². The van der Waals surface area contributed by atoms with Gasteiger partial charge in [0.25, 0.3) is 5.56 Å². The zero-order chi connectivity index (χ0) is 19.6. The second-order valence-electron chi connectivity index (χ2n) is 5.35.